The van der Waals surface area contributed by atoms with Crippen molar-refractivity contribution in [3.63, 3.8) is 0 Å². The highest BCUT2D eigenvalue weighted by atomic mass is 35.5. The number of benzene rings is 1. The second kappa shape index (κ2) is 7.76. The van der Waals surface area contributed by atoms with Crippen LogP contribution in [0.3, 0.4) is 0 Å². The minimum absolute atomic E-state index is 0.0114. The quantitative estimate of drug-likeness (QED) is 0.906. The van der Waals surface area contributed by atoms with E-state index in [9.17, 15) is 9.18 Å². The lowest BCUT2D eigenvalue weighted by atomic mass is 9.99. The van der Waals surface area contributed by atoms with Crippen molar-refractivity contribution in [2.75, 3.05) is 26.2 Å². The second-order valence-electron chi connectivity index (χ2n) is 5.75. The predicted molar refractivity (Wildman–Crippen MR) is 83.0 cm³/mol. The molecule has 1 aliphatic heterocycles. The van der Waals surface area contributed by atoms with Gasteiger partial charge in [0.1, 0.15) is 5.82 Å². The number of nitrogens with zero attached hydrogens (tertiary/aromatic N) is 1. The molecule has 0 unspecified atom stereocenters. The maximum absolute atomic E-state index is 13.6. The molecule has 0 radical (unpaired) electrons. The van der Waals surface area contributed by atoms with Crippen LogP contribution in [-0.4, -0.2) is 37.0 Å². The summed E-state index contributed by atoms with van der Waals surface area (Å²) in [4.78, 5) is 14.2. The van der Waals surface area contributed by atoms with Crippen molar-refractivity contribution >= 4 is 17.5 Å². The SMILES string of the molecule is CC1CCN(CCNC(=O)Cc2c(F)cccc2Cl)CC1. The van der Waals surface area contributed by atoms with Gasteiger partial charge in [-0.25, -0.2) is 4.39 Å². The fourth-order valence-electron chi connectivity index (χ4n) is 2.56. The molecule has 116 valence electrons. The van der Waals surface area contributed by atoms with E-state index >= 15 is 0 Å². The molecule has 0 atom stereocenters. The largest absolute Gasteiger partial charge is 0.355 e. The van der Waals surface area contributed by atoms with E-state index in [-0.39, 0.29) is 17.9 Å². The molecule has 5 heteroatoms. The van der Waals surface area contributed by atoms with Crippen LogP contribution >= 0.6 is 11.6 Å². The Morgan fingerprint density at radius 1 is 1.43 bits per heavy atom. The topological polar surface area (TPSA) is 32.3 Å². The van der Waals surface area contributed by atoms with Crippen molar-refractivity contribution in [1.29, 1.82) is 0 Å². The Kier molecular flexibility index (Phi) is 6.00. The lowest BCUT2D eigenvalue weighted by molar-refractivity contribution is -0.120. The fraction of sp³-hybridized carbons (Fsp3) is 0.562. The summed E-state index contributed by atoms with van der Waals surface area (Å²) < 4.78 is 13.6. The van der Waals surface area contributed by atoms with E-state index < -0.39 is 5.82 Å². The van der Waals surface area contributed by atoms with Crippen molar-refractivity contribution in [2.24, 2.45) is 5.92 Å². The number of halogens is 2. The van der Waals surface area contributed by atoms with E-state index in [4.69, 9.17) is 11.6 Å². The molecule has 0 saturated carbocycles. The molecule has 2 rings (SSSR count). The van der Waals surface area contributed by atoms with Gasteiger partial charge in [-0.15, -0.1) is 0 Å². The van der Waals surface area contributed by atoms with Crippen molar-refractivity contribution in [2.45, 2.75) is 26.2 Å². The molecule has 1 aliphatic rings. The predicted octanol–water partition coefficient (Wildman–Crippen LogP) is 2.87. The zero-order valence-corrected chi connectivity index (χ0v) is 13.1. The van der Waals surface area contributed by atoms with E-state index in [0.29, 0.717) is 11.6 Å². The number of nitrogens with one attached hydrogen (secondary N) is 1. The number of hydrogen-bond donors (Lipinski definition) is 1. The zero-order valence-electron chi connectivity index (χ0n) is 12.4. The van der Waals surface area contributed by atoms with Crippen LogP contribution in [0.2, 0.25) is 5.02 Å². The van der Waals surface area contributed by atoms with Gasteiger partial charge in [-0.05, 0) is 44.0 Å². The maximum Gasteiger partial charge on any atom is 0.224 e. The molecule has 1 aromatic rings. The smallest absolute Gasteiger partial charge is 0.224 e. The summed E-state index contributed by atoms with van der Waals surface area (Å²) in [6.45, 7) is 5.91. The van der Waals surface area contributed by atoms with Gasteiger partial charge in [0.2, 0.25) is 5.91 Å². The molecule has 0 bridgehead atoms. The Morgan fingerprint density at radius 3 is 2.81 bits per heavy atom. The molecule has 21 heavy (non-hydrogen) atoms. The molecule has 0 aromatic heterocycles. The van der Waals surface area contributed by atoms with Gasteiger partial charge in [0, 0.05) is 23.7 Å². The molecule has 1 amide bonds. The van der Waals surface area contributed by atoms with Gasteiger partial charge in [0.15, 0.2) is 0 Å². The summed E-state index contributed by atoms with van der Waals surface area (Å²) in [5, 5.41) is 3.14. The number of piperidine rings is 1. The molecule has 1 saturated heterocycles. The summed E-state index contributed by atoms with van der Waals surface area (Å²) in [5.74, 6) is 0.189. The van der Waals surface area contributed by atoms with Crippen molar-refractivity contribution in [3.8, 4) is 0 Å². The molecule has 1 fully saturated rings. The first-order valence-corrected chi connectivity index (χ1v) is 7.86. The Morgan fingerprint density at radius 2 is 2.14 bits per heavy atom. The van der Waals surface area contributed by atoms with E-state index in [1.807, 2.05) is 0 Å². The van der Waals surface area contributed by atoms with Crippen LogP contribution in [0.15, 0.2) is 18.2 Å². The van der Waals surface area contributed by atoms with Crippen molar-refractivity contribution in [1.82, 2.24) is 10.2 Å². The van der Waals surface area contributed by atoms with Crippen LogP contribution in [0.1, 0.15) is 25.3 Å². The summed E-state index contributed by atoms with van der Waals surface area (Å²) in [6.07, 6.45) is 2.43. The van der Waals surface area contributed by atoms with Gasteiger partial charge in [-0.1, -0.05) is 24.6 Å². The van der Waals surface area contributed by atoms with Crippen LogP contribution in [0.25, 0.3) is 0 Å². The summed E-state index contributed by atoms with van der Waals surface area (Å²) >= 11 is 5.91. The van der Waals surface area contributed by atoms with Crippen LogP contribution < -0.4 is 5.32 Å². The Hall–Kier alpha value is -1.13. The highest BCUT2D eigenvalue weighted by molar-refractivity contribution is 6.31. The first kappa shape index (κ1) is 16.2. The third-order valence-electron chi connectivity index (χ3n) is 4.03. The molecule has 3 nitrogen and oxygen atoms in total. The molecule has 1 heterocycles. The van der Waals surface area contributed by atoms with Crippen molar-refractivity contribution < 1.29 is 9.18 Å². The number of hydrogen-bond acceptors (Lipinski definition) is 2. The Balaban J connectivity index is 1.73. The molecular formula is C16H22ClFN2O. The summed E-state index contributed by atoms with van der Waals surface area (Å²) in [5.41, 5.74) is 0.267. The van der Waals surface area contributed by atoms with Gasteiger partial charge >= 0.3 is 0 Å². The van der Waals surface area contributed by atoms with Crippen LogP contribution in [0.5, 0.6) is 0 Å². The molecule has 0 aliphatic carbocycles. The number of carbonyl (C=O) groups is 1. The lowest BCUT2D eigenvalue weighted by Gasteiger charge is -2.30. The van der Waals surface area contributed by atoms with Gasteiger partial charge in [-0.3, -0.25) is 4.79 Å². The Bertz CT molecular complexity index is 467. The molecule has 0 spiro atoms. The molecule has 1 N–H and O–H groups in total. The van der Waals surface area contributed by atoms with Gasteiger partial charge in [0.25, 0.3) is 0 Å². The number of amides is 1. The monoisotopic (exact) mass is 312 g/mol. The van der Waals surface area contributed by atoms with E-state index in [0.717, 1.165) is 25.6 Å². The summed E-state index contributed by atoms with van der Waals surface area (Å²) in [6, 6.07) is 4.46. The van der Waals surface area contributed by atoms with Gasteiger partial charge in [-0.2, -0.15) is 0 Å². The van der Waals surface area contributed by atoms with E-state index in [1.54, 1.807) is 6.07 Å². The van der Waals surface area contributed by atoms with E-state index in [1.165, 1.54) is 25.0 Å². The van der Waals surface area contributed by atoms with Gasteiger partial charge < -0.3 is 10.2 Å². The number of likely N-dealkylation sites (tertiary alicyclic amines) is 1. The minimum Gasteiger partial charge on any atom is -0.355 e. The molecule has 1 aromatic carbocycles. The first-order chi connectivity index (χ1) is 10.1. The highest BCUT2D eigenvalue weighted by Gasteiger charge is 2.16. The third kappa shape index (κ3) is 4.97. The van der Waals surface area contributed by atoms with Crippen LogP contribution in [0.4, 0.5) is 4.39 Å². The lowest BCUT2D eigenvalue weighted by Crippen LogP contribution is -2.39. The highest BCUT2D eigenvalue weighted by Crippen LogP contribution is 2.19. The number of rotatable bonds is 5. The molecular weight excluding hydrogens is 291 g/mol. The summed E-state index contributed by atoms with van der Waals surface area (Å²) in [7, 11) is 0. The maximum atomic E-state index is 13.6. The number of carbonyl (C=O) groups excluding carboxylic acids is 1. The van der Waals surface area contributed by atoms with Crippen LogP contribution in [0, 0.1) is 11.7 Å². The Labute approximate surface area is 130 Å². The van der Waals surface area contributed by atoms with Gasteiger partial charge in [0.05, 0.1) is 6.42 Å². The zero-order chi connectivity index (χ0) is 15.2. The normalized spacial score (nSPS) is 16.9. The van der Waals surface area contributed by atoms with Crippen LogP contribution in [-0.2, 0) is 11.2 Å². The average Bonchev–Trinajstić information content (AvgIpc) is 2.45. The third-order valence-corrected chi connectivity index (χ3v) is 4.38. The average molecular weight is 313 g/mol. The fourth-order valence-corrected chi connectivity index (χ4v) is 2.79. The minimum atomic E-state index is -0.428. The standard InChI is InChI=1S/C16H22ClFN2O/c1-12-5-8-20(9-6-12)10-7-19-16(21)11-13-14(17)3-2-4-15(13)18/h2-4,12H,5-11H2,1H3,(H,19,21). The second-order valence-corrected chi connectivity index (χ2v) is 6.16. The van der Waals surface area contributed by atoms with Crippen molar-refractivity contribution in [3.05, 3.63) is 34.6 Å². The van der Waals surface area contributed by atoms with E-state index in [2.05, 4.69) is 17.1 Å². The first-order valence-electron chi connectivity index (χ1n) is 7.48.